The van der Waals surface area contributed by atoms with Crippen LogP contribution in [0.4, 0.5) is 0 Å². The first-order valence-corrected chi connectivity index (χ1v) is 8.71. The minimum absolute atomic E-state index is 0.103. The maximum atomic E-state index is 11.9. The van der Waals surface area contributed by atoms with E-state index in [4.69, 9.17) is 9.47 Å². The Kier molecular flexibility index (Phi) is 5.86. The Labute approximate surface area is 123 Å². The van der Waals surface area contributed by atoms with E-state index < -0.39 is 10.8 Å². The van der Waals surface area contributed by atoms with Crippen LogP contribution >= 0.6 is 0 Å². The molecule has 1 aliphatic rings. The molecule has 0 fully saturated rings. The van der Waals surface area contributed by atoms with Gasteiger partial charge in [0.25, 0.3) is 0 Å². The van der Waals surface area contributed by atoms with Crippen molar-refractivity contribution in [1.82, 2.24) is 5.32 Å². The summed E-state index contributed by atoms with van der Waals surface area (Å²) in [7, 11) is -0.797. The topological polar surface area (TPSA) is 47.6 Å². The smallest absolute Gasteiger partial charge is 0.161 e. The molecule has 2 rings (SSSR count). The summed E-state index contributed by atoms with van der Waals surface area (Å²) in [6.07, 6.45) is 1.06. The van der Waals surface area contributed by atoms with Gasteiger partial charge in [-0.25, -0.2) is 0 Å². The maximum absolute atomic E-state index is 11.9. The van der Waals surface area contributed by atoms with Gasteiger partial charge in [0, 0.05) is 28.3 Å². The highest BCUT2D eigenvalue weighted by atomic mass is 32.2. The van der Waals surface area contributed by atoms with Crippen LogP contribution in [0.3, 0.4) is 0 Å². The van der Waals surface area contributed by atoms with Crippen LogP contribution in [0.1, 0.15) is 31.9 Å². The molecule has 0 bridgehead atoms. The normalized spacial score (nSPS) is 16.7. The summed E-state index contributed by atoms with van der Waals surface area (Å²) in [5, 5.41) is 3.47. The molecular formula is C15H23NO3S. The number of fused-ring (bicyclic) bond motifs is 1. The second kappa shape index (κ2) is 7.64. The van der Waals surface area contributed by atoms with E-state index in [1.54, 1.807) is 0 Å². The minimum atomic E-state index is -0.797. The average molecular weight is 297 g/mol. The van der Waals surface area contributed by atoms with Gasteiger partial charge in [0.1, 0.15) is 13.2 Å². The van der Waals surface area contributed by atoms with Crippen molar-refractivity contribution >= 4 is 10.8 Å². The monoisotopic (exact) mass is 297 g/mol. The summed E-state index contributed by atoms with van der Waals surface area (Å²) in [6.45, 7) is 6.19. The Hall–Kier alpha value is -1.07. The van der Waals surface area contributed by atoms with Gasteiger partial charge in [0.2, 0.25) is 0 Å². The second-order valence-corrected chi connectivity index (χ2v) is 6.60. The predicted octanol–water partition coefficient (Wildman–Crippen LogP) is 2.27. The zero-order valence-corrected chi connectivity index (χ0v) is 13.0. The zero-order chi connectivity index (χ0) is 14.4. The van der Waals surface area contributed by atoms with Crippen LogP contribution in [0.2, 0.25) is 0 Å². The summed E-state index contributed by atoms with van der Waals surface area (Å²) < 4.78 is 23.0. The molecule has 1 aromatic rings. The first-order valence-electron chi connectivity index (χ1n) is 7.22. The van der Waals surface area contributed by atoms with Gasteiger partial charge in [-0.1, -0.05) is 19.9 Å². The lowest BCUT2D eigenvalue weighted by molar-refractivity contribution is 0.171. The van der Waals surface area contributed by atoms with E-state index in [-0.39, 0.29) is 6.04 Å². The van der Waals surface area contributed by atoms with Crippen molar-refractivity contribution in [2.24, 2.45) is 0 Å². The standard InChI is InChI=1S/C15H23NO3S/c1-3-7-16-13(11-20(17)4-2)12-5-6-14-15(10-12)19-9-8-18-14/h5-6,10,13,16H,3-4,7-9,11H2,1-2H3. The minimum Gasteiger partial charge on any atom is -0.486 e. The third kappa shape index (κ3) is 3.96. The molecule has 1 N–H and O–H groups in total. The molecule has 1 aliphatic heterocycles. The van der Waals surface area contributed by atoms with Crippen LogP contribution in [-0.4, -0.2) is 35.5 Å². The first-order chi connectivity index (χ1) is 9.74. The predicted molar refractivity (Wildman–Crippen MR) is 82.0 cm³/mol. The molecule has 0 aromatic heterocycles. The highest BCUT2D eigenvalue weighted by molar-refractivity contribution is 7.84. The van der Waals surface area contributed by atoms with Crippen molar-refractivity contribution in [1.29, 1.82) is 0 Å². The van der Waals surface area contributed by atoms with Crippen LogP contribution in [0, 0.1) is 0 Å². The van der Waals surface area contributed by atoms with E-state index in [9.17, 15) is 4.21 Å². The SMILES string of the molecule is CCCNC(CS(=O)CC)c1ccc2c(c1)OCCO2. The molecule has 4 nitrogen and oxygen atoms in total. The summed E-state index contributed by atoms with van der Waals surface area (Å²) in [6, 6.07) is 6.09. The Morgan fingerprint density at radius 1 is 1.25 bits per heavy atom. The molecule has 112 valence electrons. The van der Waals surface area contributed by atoms with Gasteiger partial charge in [-0.2, -0.15) is 0 Å². The van der Waals surface area contributed by atoms with Gasteiger partial charge in [-0.3, -0.25) is 4.21 Å². The lowest BCUT2D eigenvalue weighted by atomic mass is 10.1. The Morgan fingerprint density at radius 2 is 2.00 bits per heavy atom. The van der Waals surface area contributed by atoms with Gasteiger partial charge in [-0.15, -0.1) is 0 Å². The summed E-state index contributed by atoms with van der Waals surface area (Å²) in [5.74, 6) is 2.91. The molecule has 1 heterocycles. The molecule has 0 radical (unpaired) electrons. The summed E-state index contributed by atoms with van der Waals surface area (Å²) in [5.41, 5.74) is 1.12. The lowest BCUT2D eigenvalue weighted by Crippen LogP contribution is -2.27. The number of hydrogen-bond acceptors (Lipinski definition) is 4. The van der Waals surface area contributed by atoms with Gasteiger partial charge >= 0.3 is 0 Å². The Bertz CT molecular complexity index is 464. The number of hydrogen-bond donors (Lipinski definition) is 1. The largest absolute Gasteiger partial charge is 0.486 e. The van der Waals surface area contributed by atoms with Gasteiger partial charge in [-0.05, 0) is 30.7 Å². The van der Waals surface area contributed by atoms with Crippen LogP contribution in [-0.2, 0) is 10.8 Å². The van der Waals surface area contributed by atoms with Gasteiger partial charge < -0.3 is 14.8 Å². The molecule has 0 saturated heterocycles. The summed E-state index contributed by atoms with van der Waals surface area (Å²) >= 11 is 0. The fraction of sp³-hybridized carbons (Fsp3) is 0.600. The number of nitrogens with one attached hydrogen (secondary N) is 1. The molecule has 0 amide bonds. The zero-order valence-electron chi connectivity index (χ0n) is 12.2. The van der Waals surface area contributed by atoms with Crippen LogP contribution in [0.5, 0.6) is 11.5 Å². The average Bonchev–Trinajstić information content (AvgIpc) is 2.50. The second-order valence-electron chi connectivity index (χ2n) is 4.80. The van der Waals surface area contributed by atoms with E-state index in [0.717, 1.165) is 30.0 Å². The molecule has 1 aromatic carbocycles. The van der Waals surface area contributed by atoms with Crippen molar-refractivity contribution in [2.75, 3.05) is 31.3 Å². The summed E-state index contributed by atoms with van der Waals surface area (Å²) in [4.78, 5) is 0. The van der Waals surface area contributed by atoms with Crippen molar-refractivity contribution in [3.63, 3.8) is 0 Å². The molecule has 5 heteroatoms. The van der Waals surface area contributed by atoms with E-state index in [1.165, 1.54) is 0 Å². The van der Waals surface area contributed by atoms with Crippen molar-refractivity contribution in [2.45, 2.75) is 26.3 Å². The van der Waals surface area contributed by atoms with E-state index in [1.807, 2.05) is 25.1 Å². The van der Waals surface area contributed by atoms with Crippen LogP contribution in [0.15, 0.2) is 18.2 Å². The number of rotatable bonds is 7. The third-order valence-electron chi connectivity index (χ3n) is 3.28. The lowest BCUT2D eigenvalue weighted by Gasteiger charge is -2.22. The highest BCUT2D eigenvalue weighted by Gasteiger charge is 2.18. The van der Waals surface area contributed by atoms with Crippen LogP contribution < -0.4 is 14.8 Å². The number of benzene rings is 1. The molecule has 2 atom stereocenters. The first kappa shape index (κ1) is 15.3. The quantitative estimate of drug-likeness (QED) is 0.838. The van der Waals surface area contributed by atoms with E-state index in [0.29, 0.717) is 24.7 Å². The van der Waals surface area contributed by atoms with E-state index in [2.05, 4.69) is 12.2 Å². The van der Waals surface area contributed by atoms with Crippen molar-refractivity contribution < 1.29 is 13.7 Å². The molecular weight excluding hydrogens is 274 g/mol. The van der Waals surface area contributed by atoms with Crippen molar-refractivity contribution in [3.05, 3.63) is 23.8 Å². The maximum Gasteiger partial charge on any atom is 0.161 e. The fourth-order valence-electron chi connectivity index (χ4n) is 2.17. The van der Waals surface area contributed by atoms with E-state index >= 15 is 0 Å². The molecule has 0 aliphatic carbocycles. The van der Waals surface area contributed by atoms with Gasteiger partial charge in [0.15, 0.2) is 11.5 Å². The molecule has 0 saturated carbocycles. The molecule has 0 spiro atoms. The third-order valence-corrected chi connectivity index (χ3v) is 4.63. The van der Waals surface area contributed by atoms with Crippen LogP contribution in [0.25, 0.3) is 0 Å². The van der Waals surface area contributed by atoms with Gasteiger partial charge in [0.05, 0.1) is 0 Å². The number of ether oxygens (including phenoxy) is 2. The van der Waals surface area contributed by atoms with Crippen molar-refractivity contribution in [3.8, 4) is 11.5 Å². The fourth-order valence-corrected chi connectivity index (χ4v) is 3.09. The Morgan fingerprint density at radius 3 is 2.70 bits per heavy atom. The highest BCUT2D eigenvalue weighted by Crippen LogP contribution is 2.32. The Balaban J connectivity index is 2.16. The molecule has 2 unspecified atom stereocenters. The molecule has 20 heavy (non-hydrogen) atoms.